The van der Waals surface area contributed by atoms with Crippen molar-refractivity contribution in [2.75, 3.05) is 12.8 Å². The number of amides is 1. The fraction of sp³-hybridized carbons (Fsp3) is 0.467. The topological polar surface area (TPSA) is 57.6 Å². The molecule has 1 rings (SSSR count). The SMILES string of the molecule is CSc1ccccc1C(=O)N(CCCC(=O)O)C(C)C. The van der Waals surface area contributed by atoms with Crippen molar-refractivity contribution in [3.8, 4) is 0 Å². The summed E-state index contributed by atoms with van der Waals surface area (Å²) in [6.45, 7) is 4.35. The van der Waals surface area contributed by atoms with Gasteiger partial charge in [-0.2, -0.15) is 0 Å². The summed E-state index contributed by atoms with van der Waals surface area (Å²) in [6, 6.07) is 7.55. The zero-order valence-corrected chi connectivity index (χ0v) is 12.9. The Kier molecular flexibility index (Phi) is 6.58. The van der Waals surface area contributed by atoms with Crippen LogP contribution in [-0.2, 0) is 4.79 Å². The van der Waals surface area contributed by atoms with Crippen LogP contribution in [-0.4, -0.2) is 40.7 Å². The molecule has 20 heavy (non-hydrogen) atoms. The van der Waals surface area contributed by atoms with Crippen LogP contribution in [0.2, 0.25) is 0 Å². The van der Waals surface area contributed by atoms with Crippen LogP contribution in [0.25, 0.3) is 0 Å². The fourth-order valence-electron chi connectivity index (χ4n) is 1.97. The molecule has 1 aromatic rings. The van der Waals surface area contributed by atoms with Crippen molar-refractivity contribution >= 4 is 23.6 Å². The van der Waals surface area contributed by atoms with Gasteiger partial charge in [-0.3, -0.25) is 9.59 Å². The third-order valence-corrected chi connectivity index (χ3v) is 3.81. The summed E-state index contributed by atoms with van der Waals surface area (Å²) in [7, 11) is 0. The molecule has 0 aliphatic rings. The maximum atomic E-state index is 12.6. The summed E-state index contributed by atoms with van der Waals surface area (Å²) >= 11 is 1.54. The Bertz CT molecular complexity index is 474. The molecule has 0 fully saturated rings. The standard InChI is InChI=1S/C15H21NO3S/c1-11(2)16(10-6-9-14(17)18)15(19)12-7-4-5-8-13(12)20-3/h4-5,7-8,11H,6,9-10H2,1-3H3,(H,17,18). The van der Waals surface area contributed by atoms with Gasteiger partial charge < -0.3 is 10.0 Å². The van der Waals surface area contributed by atoms with Crippen LogP contribution in [0.5, 0.6) is 0 Å². The molecule has 0 aliphatic heterocycles. The van der Waals surface area contributed by atoms with Crippen LogP contribution in [0.15, 0.2) is 29.2 Å². The predicted octanol–water partition coefficient (Wildman–Crippen LogP) is 3.12. The second-order valence-electron chi connectivity index (χ2n) is 4.79. The molecule has 0 bridgehead atoms. The number of carboxylic acid groups (broad SMARTS) is 1. The molecule has 0 radical (unpaired) electrons. The maximum absolute atomic E-state index is 12.6. The number of benzene rings is 1. The van der Waals surface area contributed by atoms with E-state index in [0.717, 1.165) is 4.90 Å². The monoisotopic (exact) mass is 295 g/mol. The number of aliphatic carboxylic acids is 1. The summed E-state index contributed by atoms with van der Waals surface area (Å²) < 4.78 is 0. The molecule has 0 atom stereocenters. The molecule has 0 heterocycles. The van der Waals surface area contributed by atoms with Gasteiger partial charge in [0.05, 0.1) is 5.56 Å². The van der Waals surface area contributed by atoms with Crippen LogP contribution in [0, 0.1) is 0 Å². The number of carboxylic acids is 1. The van der Waals surface area contributed by atoms with Gasteiger partial charge in [0.25, 0.3) is 5.91 Å². The van der Waals surface area contributed by atoms with Gasteiger partial charge in [-0.15, -0.1) is 11.8 Å². The summed E-state index contributed by atoms with van der Waals surface area (Å²) in [4.78, 5) is 25.9. The molecule has 0 unspecified atom stereocenters. The third-order valence-electron chi connectivity index (χ3n) is 3.01. The first-order chi connectivity index (χ1) is 9.47. The fourth-order valence-corrected chi connectivity index (χ4v) is 2.56. The number of hydrogen-bond acceptors (Lipinski definition) is 3. The van der Waals surface area contributed by atoms with Crippen molar-refractivity contribution < 1.29 is 14.7 Å². The first-order valence-electron chi connectivity index (χ1n) is 6.63. The van der Waals surface area contributed by atoms with E-state index in [2.05, 4.69) is 0 Å². The van der Waals surface area contributed by atoms with Crippen molar-refractivity contribution in [2.45, 2.75) is 37.6 Å². The number of hydrogen-bond donors (Lipinski definition) is 1. The lowest BCUT2D eigenvalue weighted by Crippen LogP contribution is -2.38. The minimum absolute atomic E-state index is 0.0321. The van der Waals surface area contributed by atoms with E-state index in [1.165, 1.54) is 11.8 Å². The first-order valence-corrected chi connectivity index (χ1v) is 7.85. The number of rotatable bonds is 7. The summed E-state index contributed by atoms with van der Waals surface area (Å²) in [6.07, 6.45) is 2.50. The van der Waals surface area contributed by atoms with Gasteiger partial charge in [0.15, 0.2) is 0 Å². The Balaban J connectivity index is 2.85. The highest BCUT2D eigenvalue weighted by Crippen LogP contribution is 2.22. The van der Waals surface area contributed by atoms with Crippen LogP contribution in [0.4, 0.5) is 0 Å². The van der Waals surface area contributed by atoms with Gasteiger partial charge in [0, 0.05) is 23.9 Å². The van der Waals surface area contributed by atoms with Gasteiger partial charge in [-0.05, 0) is 38.7 Å². The Morgan fingerprint density at radius 3 is 2.50 bits per heavy atom. The van der Waals surface area contributed by atoms with Gasteiger partial charge in [0.2, 0.25) is 0 Å². The van der Waals surface area contributed by atoms with Crippen molar-refractivity contribution in [1.82, 2.24) is 4.90 Å². The lowest BCUT2D eigenvalue weighted by molar-refractivity contribution is -0.137. The normalized spacial score (nSPS) is 10.6. The number of nitrogens with zero attached hydrogens (tertiary/aromatic N) is 1. The maximum Gasteiger partial charge on any atom is 0.303 e. The zero-order valence-electron chi connectivity index (χ0n) is 12.1. The van der Waals surface area contributed by atoms with Gasteiger partial charge in [0.1, 0.15) is 0 Å². The molecule has 0 aliphatic carbocycles. The third kappa shape index (κ3) is 4.56. The van der Waals surface area contributed by atoms with Crippen LogP contribution < -0.4 is 0 Å². The largest absolute Gasteiger partial charge is 0.481 e. The van der Waals surface area contributed by atoms with Gasteiger partial charge in [-0.1, -0.05) is 12.1 Å². The Morgan fingerprint density at radius 1 is 1.30 bits per heavy atom. The predicted molar refractivity (Wildman–Crippen MR) is 81.3 cm³/mol. The van der Waals surface area contributed by atoms with E-state index in [4.69, 9.17) is 5.11 Å². The van der Waals surface area contributed by atoms with Gasteiger partial charge in [-0.25, -0.2) is 0 Å². The molecular weight excluding hydrogens is 274 g/mol. The van der Waals surface area contributed by atoms with Crippen LogP contribution in [0.1, 0.15) is 37.0 Å². The van der Waals surface area contributed by atoms with E-state index >= 15 is 0 Å². The van der Waals surface area contributed by atoms with E-state index in [0.29, 0.717) is 18.5 Å². The quantitative estimate of drug-likeness (QED) is 0.785. The first kappa shape index (κ1) is 16.6. The Hall–Kier alpha value is -1.49. The van der Waals surface area contributed by atoms with Crippen LogP contribution in [0.3, 0.4) is 0 Å². The molecule has 0 spiro atoms. The number of carbonyl (C=O) groups excluding carboxylic acids is 1. The molecule has 110 valence electrons. The smallest absolute Gasteiger partial charge is 0.303 e. The van der Waals surface area contributed by atoms with E-state index < -0.39 is 5.97 Å². The molecule has 1 amide bonds. The number of thioether (sulfide) groups is 1. The lowest BCUT2D eigenvalue weighted by atomic mass is 10.1. The number of carbonyl (C=O) groups is 2. The molecule has 0 saturated carbocycles. The zero-order chi connectivity index (χ0) is 15.1. The summed E-state index contributed by atoms with van der Waals surface area (Å²) in [5.41, 5.74) is 0.684. The van der Waals surface area contributed by atoms with E-state index in [9.17, 15) is 9.59 Å². The molecule has 1 N–H and O–H groups in total. The molecular formula is C15H21NO3S. The van der Waals surface area contributed by atoms with E-state index in [1.54, 1.807) is 4.90 Å². The minimum Gasteiger partial charge on any atom is -0.481 e. The van der Waals surface area contributed by atoms with Crippen molar-refractivity contribution in [3.05, 3.63) is 29.8 Å². The Labute approximate surface area is 124 Å². The highest BCUT2D eigenvalue weighted by Gasteiger charge is 2.20. The van der Waals surface area contributed by atoms with E-state index in [-0.39, 0.29) is 18.4 Å². The summed E-state index contributed by atoms with van der Waals surface area (Å²) in [5, 5.41) is 8.70. The van der Waals surface area contributed by atoms with Crippen molar-refractivity contribution in [1.29, 1.82) is 0 Å². The molecule has 5 heteroatoms. The highest BCUT2D eigenvalue weighted by molar-refractivity contribution is 7.98. The highest BCUT2D eigenvalue weighted by atomic mass is 32.2. The summed E-state index contributed by atoms with van der Waals surface area (Å²) in [5.74, 6) is -0.860. The van der Waals surface area contributed by atoms with Gasteiger partial charge >= 0.3 is 5.97 Å². The molecule has 0 aromatic heterocycles. The average molecular weight is 295 g/mol. The molecule has 1 aromatic carbocycles. The van der Waals surface area contributed by atoms with Crippen LogP contribution >= 0.6 is 11.8 Å². The van der Waals surface area contributed by atoms with Crippen molar-refractivity contribution in [2.24, 2.45) is 0 Å². The lowest BCUT2D eigenvalue weighted by Gasteiger charge is -2.27. The second-order valence-corrected chi connectivity index (χ2v) is 5.64. The van der Waals surface area contributed by atoms with E-state index in [1.807, 2.05) is 44.4 Å². The average Bonchev–Trinajstić information content (AvgIpc) is 2.42. The molecule has 4 nitrogen and oxygen atoms in total. The Morgan fingerprint density at radius 2 is 1.95 bits per heavy atom. The minimum atomic E-state index is -0.828. The second kappa shape index (κ2) is 7.94. The molecule has 0 saturated heterocycles. The van der Waals surface area contributed by atoms with Crippen molar-refractivity contribution in [3.63, 3.8) is 0 Å².